The maximum Gasteiger partial charge on any atom is 0.267 e. The Kier molecular flexibility index (Phi) is 6.69. The maximum atomic E-state index is 13.8. The first kappa shape index (κ1) is 22.7. The van der Waals surface area contributed by atoms with Gasteiger partial charge in [0.25, 0.3) is 5.56 Å². The molecule has 6 nitrogen and oxygen atoms in total. The number of carbonyl (C=O) groups excluding carboxylic acids is 1. The van der Waals surface area contributed by atoms with Gasteiger partial charge in [-0.2, -0.15) is 0 Å². The Morgan fingerprint density at radius 3 is 2.65 bits per heavy atom. The van der Waals surface area contributed by atoms with E-state index in [1.807, 2.05) is 54.6 Å². The number of aryl methyl sites for hydroxylation is 2. The van der Waals surface area contributed by atoms with Crippen LogP contribution >= 0.6 is 23.1 Å². The summed E-state index contributed by atoms with van der Waals surface area (Å²) in [5, 5.41) is 4.20. The molecule has 2 aromatic carbocycles. The van der Waals surface area contributed by atoms with Crippen LogP contribution in [0.5, 0.6) is 5.75 Å². The number of fused-ring (bicyclic) bond motifs is 3. The van der Waals surface area contributed by atoms with Gasteiger partial charge in [0.05, 0.1) is 23.9 Å². The van der Waals surface area contributed by atoms with E-state index in [2.05, 4.69) is 5.32 Å². The normalized spacial score (nSPS) is 13.0. The first-order valence-electron chi connectivity index (χ1n) is 11.3. The molecule has 1 N–H and O–H groups in total. The third-order valence-electron chi connectivity index (χ3n) is 5.95. The molecule has 0 spiro atoms. The zero-order chi connectivity index (χ0) is 23.5. The fraction of sp³-hybridized carbons (Fsp3) is 0.269. The average Bonchev–Trinajstić information content (AvgIpc) is 3.26. The largest absolute Gasteiger partial charge is 0.497 e. The molecule has 0 atom stereocenters. The van der Waals surface area contributed by atoms with Crippen LogP contribution in [0.4, 0.5) is 0 Å². The van der Waals surface area contributed by atoms with Crippen molar-refractivity contribution in [3.05, 3.63) is 81.0 Å². The highest BCUT2D eigenvalue weighted by Crippen LogP contribution is 2.35. The minimum atomic E-state index is -0.102. The second kappa shape index (κ2) is 10.0. The molecule has 1 aliphatic rings. The van der Waals surface area contributed by atoms with Crippen LogP contribution in [0, 0.1) is 0 Å². The van der Waals surface area contributed by atoms with Crippen LogP contribution in [0.1, 0.15) is 28.8 Å². The van der Waals surface area contributed by atoms with Gasteiger partial charge in [0.1, 0.15) is 10.6 Å². The number of methoxy groups -OCH3 is 1. The molecule has 34 heavy (non-hydrogen) atoms. The lowest BCUT2D eigenvalue weighted by molar-refractivity contribution is -0.118. The summed E-state index contributed by atoms with van der Waals surface area (Å²) < 4.78 is 6.92. The molecule has 2 aromatic heterocycles. The van der Waals surface area contributed by atoms with Crippen molar-refractivity contribution < 1.29 is 9.53 Å². The summed E-state index contributed by atoms with van der Waals surface area (Å²) in [6.07, 6.45) is 4.17. The van der Waals surface area contributed by atoms with Crippen LogP contribution in [0.2, 0.25) is 0 Å². The maximum absolute atomic E-state index is 13.8. The molecule has 1 amide bonds. The van der Waals surface area contributed by atoms with Gasteiger partial charge in [-0.15, -0.1) is 11.3 Å². The number of nitrogens with zero attached hydrogens (tertiary/aromatic N) is 2. The van der Waals surface area contributed by atoms with Crippen molar-refractivity contribution in [3.63, 3.8) is 0 Å². The molecule has 5 rings (SSSR count). The van der Waals surface area contributed by atoms with Gasteiger partial charge in [-0.05, 0) is 61.1 Å². The van der Waals surface area contributed by atoms with Crippen molar-refractivity contribution in [2.24, 2.45) is 0 Å². The third-order valence-corrected chi connectivity index (χ3v) is 8.08. The minimum Gasteiger partial charge on any atom is -0.497 e. The summed E-state index contributed by atoms with van der Waals surface area (Å²) >= 11 is 2.91. The quantitative estimate of drug-likeness (QED) is 0.299. The van der Waals surface area contributed by atoms with Crippen molar-refractivity contribution in [1.29, 1.82) is 0 Å². The molecule has 0 unspecified atom stereocenters. The van der Waals surface area contributed by atoms with Gasteiger partial charge in [0.15, 0.2) is 5.16 Å². The fourth-order valence-electron chi connectivity index (χ4n) is 4.22. The summed E-state index contributed by atoms with van der Waals surface area (Å²) in [4.78, 5) is 33.3. The standard InChI is InChI=1S/C26H25N3O3S2/c1-32-19-13-11-18(12-14-19)29-25(31)23-20-9-5-6-10-21(20)34-24(23)28-26(29)33-16-22(30)27-15-17-7-3-2-4-8-17/h2-4,7-8,11-14H,5-6,9-10,15-16H2,1H3,(H,27,30). The lowest BCUT2D eigenvalue weighted by Crippen LogP contribution is -2.26. The lowest BCUT2D eigenvalue weighted by atomic mass is 9.97. The molecule has 0 aliphatic heterocycles. The predicted molar refractivity (Wildman–Crippen MR) is 137 cm³/mol. The van der Waals surface area contributed by atoms with Gasteiger partial charge in [-0.25, -0.2) is 4.98 Å². The van der Waals surface area contributed by atoms with Gasteiger partial charge in [0.2, 0.25) is 5.91 Å². The summed E-state index contributed by atoms with van der Waals surface area (Å²) in [6.45, 7) is 0.468. The van der Waals surface area contributed by atoms with Crippen molar-refractivity contribution in [1.82, 2.24) is 14.9 Å². The van der Waals surface area contributed by atoms with Crippen LogP contribution in [0.15, 0.2) is 64.5 Å². The van der Waals surface area contributed by atoms with Crippen molar-refractivity contribution in [2.75, 3.05) is 12.9 Å². The number of ether oxygens (including phenoxy) is 1. The van der Waals surface area contributed by atoms with Crippen molar-refractivity contribution in [3.8, 4) is 11.4 Å². The monoisotopic (exact) mass is 491 g/mol. The number of hydrogen-bond acceptors (Lipinski definition) is 6. The molecule has 0 fully saturated rings. The van der Waals surface area contributed by atoms with Gasteiger partial charge in [-0.1, -0.05) is 42.1 Å². The number of hydrogen-bond donors (Lipinski definition) is 1. The highest BCUT2D eigenvalue weighted by Gasteiger charge is 2.23. The minimum absolute atomic E-state index is 0.0678. The Hall–Kier alpha value is -3.10. The number of benzene rings is 2. The highest BCUT2D eigenvalue weighted by atomic mass is 32.2. The highest BCUT2D eigenvalue weighted by molar-refractivity contribution is 7.99. The van der Waals surface area contributed by atoms with Gasteiger partial charge >= 0.3 is 0 Å². The number of thioether (sulfide) groups is 1. The number of aromatic nitrogens is 2. The Balaban J connectivity index is 1.47. The van der Waals surface area contributed by atoms with E-state index in [1.165, 1.54) is 16.6 Å². The SMILES string of the molecule is COc1ccc(-n2c(SCC(=O)NCc3ccccc3)nc3sc4c(c3c2=O)CCCC4)cc1. The third kappa shape index (κ3) is 4.60. The van der Waals surface area contributed by atoms with E-state index >= 15 is 0 Å². The topological polar surface area (TPSA) is 73.2 Å². The molecule has 0 saturated heterocycles. The van der Waals surface area contributed by atoms with E-state index in [9.17, 15) is 9.59 Å². The lowest BCUT2D eigenvalue weighted by Gasteiger charge is -2.14. The Labute approximate surface area is 206 Å². The molecule has 2 heterocycles. The van der Waals surface area contributed by atoms with Crippen LogP contribution in [0.25, 0.3) is 15.9 Å². The summed E-state index contributed by atoms with van der Waals surface area (Å²) in [5.74, 6) is 0.787. The van der Waals surface area contributed by atoms with E-state index in [-0.39, 0.29) is 17.2 Å². The molecule has 174 valence electrons. The van der Waals surface area contributed by atoms with Gasteiger partial charge in [0, 0.05) is 11.4 Å². The molecule has 0 radical (unpaired) electrons. The predicted octanol–water partition coefficient (Wildman–Crippen LogP) is 4.74. The van der Waals surface area contributed by atoms with Crippen LogP contribution in [-0.2, 0) is 24.2 Å². The zero-order valence-electron chi connectivity index (χ0n) is 18.9. The zero-order valence-corrected chi connectivity index (χ0v) is 20.5. The Morgan fingerprint density at radius 1 is 1.12 bits per heavy atom. The number of carbonyl (C=O) groups is 1. The number of thiophene rings is 1. The molecular formula is C26H25N3O3S2. The first-order valence-corrected chi connectivity index (χ1v) is 13.1. The Morgan fingerprint density at radius 2 is 1.88 bits per heavy atom. The fourth-order valence-corrected chi connectivity index (χ4v) is 6.36. The van der Waals surface area contributed by atoms with Gasteiger partial charge < -0.3 is 10.1 Å². The van der Waals surface area contributed by atoms with Crippen LogP contribution in [-0.4, -0.2) is 28.3 Å². The molecule has 4 aromatic rings. The number of rotatable bonds is 7. The van der Waals surface area contributed by atoms with E-state index in [1.54, 1.807) is 23.0 Å². The second-order valence-corrected chi connectivity index (χ2v) is 10.2. The first-order chi connectivity index (χ1) is 16.6. The van der Waals surface area contributed by atoms with Crippen LogP contribution < -0.4 is 15.6 Å². The molecular weight excluding hydrogens is 466 g/mol. The summed E-state index contributed by atoms with van der Waals surface area (Å²) in [7, 11) is 1.61. The average molecular weight is 492 g/mol. The van der Waals surface area contributed by atoms with E-state index in [0.717, 1.165) is 47.0 Å². The van der Waals surface area contributed by atoms with Crippen molar-refractivity contribution >= 4 is 39.2 Å². The molecule has 8 heteroatoms. The van der Waals surface area contributed by atoms with Crippen LogP contribution in [0.3, 0.4) is 0 Å². The molecule has 0 bridgehead atoms. The van der Waals surface area contributed by atoms with E-state index < -0.39 is 0 Å². The Bertz CT molecular complexity index is 1380. The van der Waals surface area contributed by atoms with E-state index in [4.69, 9.17) is 9.72 Å². The smallest absolute Gasteiger partial charge is 0.267 e. The summed E-state index contributed by atoms with van der Waals surface area (Å²) in [5.41, 5.74) is 2.84. The molecule has 0 saturated carbocycles. The van der Waals surface area contributed by atoms with Gasteiger partial charge in [-0.3, -0.25) is 14.2 Å². The number of amides is 1. The summed E-state index contributed by atoms with van der Waals surface area (Å²) in [6, 6.07) is 17.2. The second-order valence-electron chi connectivity index (χ2n) is 8.18. The van der Waals surface area contributed by atoms with E-state index in [0.29, 0.717) is 23.1 Å². The van der Waals surface area contributed by atoms with Crippen molar-refractivity contribution in [2.45, 2.75) is 37.4 Å². The molecule has 1 aliphatic carbocycles. The number of nitrogens with one attached hydrogen (secondary N) is 1.